The van der Waals surface area contributed by atoms with Gasteiger partial charge in [0, 0.05) is 9.86 Å². The van der Waals surface area contributed by atoms with Crippen LogP contribution in [0.15, 0.2) is 66.9 Å². The van der Waals surface area contributed by atoms with Crippen molar-refractivity contribution in [3.8, 4) is 0 Å². The first kappa shape index (κ1) is 15.3. The standard InChI is InChI=1S/C17H8Br2N2O3/c18-10-5-9-6-11(17(23)24-15(9)12(19)7-10)16(22)21-8-20-13-3-1-2-4-14(13)21/h1-8H. The summed E-state index contributed by atoms with van der Waals surface area (Å²) >= 11 is 6.74. The Balaban J connectivity index is 1.94. The second kappa shape index (κ2) is 5.68. The molecule has 0 bridgehead atoms. The zero-order valence-corrected chi connectivity index (χ0v) is 15.2. The number of nitrogens with zero attached hydrogens (tertiary/aromatic N) is 2. The Morgan fingerprint density at radius 3 is 2.75 bits per heavy atom. The molecule has 0 N–H and O–H groups in total. The number of halogens is 2. The smallest absolute Gasteiger partial charge is 0.349 e. The summed E-state index contributed by atoms with van der Waals surface area (Å²) in [6.07, 6.45) is 1.41. The van der Waals surface area contributed by atoms with Crippen LogP contribution in [-0.2, 0) is 0 Å². The van der Waals surface area contributed by atoms with Crippen molar-refractivity contribution >= 4 is 59.8 Å². The third-order valence-electron chi connectivity index (χ3n) is 3.65. The van der Waals surface area contributed by atoms with Gasteiger partial charge in [-0.3, -0.25) is 9.36 Å². The first-order chi connectivity index (χ1) is 11.5. The van der Waals surface area contributed by atoms with E-state index in [1.54, 1.807) is 24.3 Å². The average molecular weight is 448 g/mol. The van der Waals surface area contributed by atoms with E-state index in [1.807, 2.05) is 12.1 Å². The van der Waals surface area contributed by atoms with Gasteiger partial charge in [0.15, 0.2) is 5.58 Å². The van der Waals surface area contributed by atoms with Crippen molar-refractivity contribution in [2.45, 2.75) is 0 Å². The molecule has 2 aromatic carbocycles. The highest BCUT2D eigenvalue weighted by Crippen LogP contribution is 2.28. The Hall–Kier alpha value is -2.25. The van der Waals surface area contributed by atoms with Crippen LogP contribution in [0.1, 0.15) is 10.4 Å². The van der Waals surface area contributed by atoms with Gasteiger partial charge in [-0.2, -0.15) is 0 Å². The van der Waals surface area contributed by atoms with Crippen LogP contribution in [0.25, 0.3) is 22.0 Å². The molecule has 0 atom stereocenters. The number of para-hydroxylation sites is 2. The molecule has 4 aromatic rings. The topological polar surface area (TPSA) is 65.1 Å². The molecule has 24 heavy (non-hydrogen) atoms. The van der Waals surface area contributed by atoms with Crippen LogP contribution in [0.4, 0.5) is 0 Å². The molecule has 0 aliphatic carbocycles. The minimum Gasteiger partial charge on any atom is -0.421 e. The number of rotatable bonds is 1. The van der Waals surface area contributed by atoms with Crippen LogP contribution < -0.4 is 5.63 Å². The summed E-state index contributed by atoms with van der Waals surface area (Å²) in [6, 6.07) is 12.3. The van der Waals surface area contributed by atoms with Gasteiger partial charge in [-0.1, -0.05) is 28.1 Å². The predicted octanol–water partition coefficient (Wildman–Crippen LogP) is 4.36. The summed E-state index contributed by atoms with van der Waals surface area (Å²) in [4.78, 5) is 29.3. The number of aromatic nitrogens is 2. The SMILES string of the molecule is O=C(c1cc2cc(Br)cc(Br)c2oc1=O)n1cnc2ccccc21. The highest BCUT2D eigenvalue weighted by atomic mass is 79.9. The molecular weight excluding hydrogens is 440 g/mol. The van der Waals surface area contributed by atoms with E-state index in [-0.39, 0.29) is 5.56 Å². The fourth-order valence-electron chi connectivity index (χ4n) is 2.56. The monoisotopic (exact) mass is 446 g/mol. The van der Waals surface area contributed by atoms with Gasteiger partial charge in [-0.15, -0.1) is 0 Å². The number of hydrogen-bond acceptors (Lipinski definition) is 4. The van der Waals surface area contributed by atoms with E-state index in [2.05, 4.69) is 36.8 Å². The number of hydrogen-bond donors (Lipinski definition) is 0. The quantitative estimate of drug-likeness (QED) is 0.407. The van der Waals surface area contributed by atoms with E-state index in [4.69, 9.17) is 4.42 Å². The molecule has 0 aliphatic rings. The van der Waals surface area contributed by atoms with Gasteiger partial charge in [-0.05, 0) is 46.3 Å². The molecule has 0 radical (unpaired) electrons. The molecule has 2 heterocycles. The molecule has 0 spiro atoms. The highest BCUT2D eigenvalue weighted by Gasteiger charge is 2.18. The number of imidazole rings is 1. The number of carbonyl (C=O) groups excluding carboxylic acids is 1. The molecule has 0 saturated heterocycles. The second-order valence-corrected chi connectivity index (χ2v) is 6.93. The fraction of sp³-hybridized carbons (Fsp3) is 0. The Morgan fingerprint density at radius 1 is 1.12 bits per heavy atom. The van der Waals surface area contributed by atoms with E-state index in [0.717, 1.165) is 4.47 Å². The normalized spacial score (nSPS) is 11.2. The summed E-state index contributed by atoms with van der Waals surface area (Å²) in [7, 11) is 0. The molecule has 0 fully saturated rings. The lowest BCUT2D eigenvalue weighted by molar-refractivity contribution is 0.0961. The van der Waals surface area contributed by atoms with Crippen molar-refractivity contribution < 1.29 is 9.21 Å². The number of carbonyl (C=O) groups is 1. The van der Waals surface area contributed by atoms with Crippen LogP contribution in [0.5, 0.6) is 0 Å². The minimum absolute atomic E-state index is 0.0457. The van der Waals surface area contributed by atoms with Crippen molar-refractivity contribution in [3.63, 3.8) is 0 Å². The molecule has 0 amide bonds. The molecule has 0 unspecified atom stereocenters. The van der Waals surface area contributed by atoms with E-state index in [0.29, 0.717) is 26.5 Å². The van der Waals surface area contributed by atoms with Crippen molar-refractivity contribution in [2.24, 2.45) is 0 Å². The van der Waals surface area contributed by atoms with Crippen molar-refractivity contribution in [3.05, 3.63) is 73.7 Å². The van der Waals surface area contributed by atoms with Gasteiger partial charge >= 0.3 is 5.63 Å². The summed E-state index contributed by atoms with van der Waals surface area (Å²) in [5.41, 5.74) is 0.984. The van der Waals surface area contributed by atoms with Crippen LogP contribution in [0.2, 0.25) is 0 Å². The Morgan fingerprint density at radius 2 is 1.92 bits per heavy atom. The lowest BCUT2D eigenvalue weighted by Crippen LogP contribution is -2.20. The molecule has 2 aromatic heterocycles. The van der Waals surface area contributed by atoms with Crippen molar-refractivity contribution in [1.29, 1.82) is 0 Å². The highest BCUT2D eigenvalue weighted by molar-refractivity contribution is 9.11. The average Bonchev–Trinajstić information content (AvgIpc) is 2.98. The summed E-state index contributed by atoms with van der Waals surface area (Å²) in [6.45, 7) is 0. The molecule has 7 heteroatoms. The predicted molar refractivity (Wildman–Crippen MR) is 97.3 cm³/mol. The third-order valence-corrected chi connectivity index (χ3v) is 4.70. The maximum absolute atomic E-state index is 12.8. The molecule has 0 saturated carbocycles. The van der Waals surface area contributed by atoms with Gasteiger partial charge in [0.05, 0.1) is 15.5 Å². The zero-order valence-electron chi connectivity index (χ0n) is 12.0. The first-order valence-electron chi connectivity index (χ1n) is 6.94. The van der Waals surface area contributed by atoms with Gasteiger partial charge in [0.1, 0.15) is 11.9 Å². The van der Waals surface area contributed by atoms with Gasteiger partial charge in [0.25, 0.3) is 5.91 Å². The Bertz CT molecular complexity index is 1180. The van der Waals surface area contributed by atoms with Crippen molar-refractivity contribution in [1.82, 2.24) is 9.55 Å². The zero-order chi connectivity index (χ0) is 16.8. The van der Waals surface area contributed by atoms with Gasteiger partial charge in [-0.25, -0.2) is 9.78 Å². The lowest BCUT2D eigenvalue weighted by Gasteiger charge is -2.05. The van der Waals surface area contributed by atoms with Crippen LogP contribution >= 0.6 is 31.9 Å². The first-order valence-corrected chi connectivity index (χ1v) is 8.53. The third kappa shape index (κ3) is 2.40. The van der Waals surface area contributed by atoms with Crippen molar-refractivity contribution in [2.75, 3.05) is 0 Å². The Labute approximate surface area is 152 Å². The maximum atomic E-state index is 12.8. The fourth-order valence-corrected chi connectivity index (χ4v) is 3.90. The van der Waals surface area contributed by atoms with Crippen LogP contribution in [0, 0.1) is 0 Å². The van der Waals surface area contributed by atoms with E-state index in [9.17, 15) is 9.59 Å². The van der Waals surface area contributed by atoms with E-state index >= 15 is 0 Å². The lowest BCUT2D eigenvalue weighted by atomic mass is 10.1. The summed E-state index contributed by atoms with van der Waals surface area (Å²) < 4.78 is 8.12. The van der Waals surface area contributed by atoms with E-state index < -0.39 is 11.5 Å². The summed E-state index contributed by atoms with van der Waals surface area (Å²) in [5.74, 6) is -0.476. The molecule has 4 rings (SSSR count). The van der Waals surface area contributed by atoms with Gasteiger partial charge in [0.2, 0.25) is 0 Å². The van der Waals surface area contributed by atoms with Crippen LogP contribution in [-0.4, -0.2) is 15.5 Å². The minimum atomic E-state index is -0.687. The molecule has 5 nitrogen and oxygen atoms in total. The Kier molecular flexibility index (Phi) is 3.62. The number of benzene rings is 2. The molecular formula is C17H8Br2N2O3. The summed E-state index contributed by atoms with van der Waals surface area (Å²) in [5, 5.41) is 0.642. The largest absolute Gasteiger partial charge is 0.421 e. The molecule has 0 aliphatic heterocycles. The number of fused-ring (bicyclic) bond motifs is 2. The maximum Gasteiger partial charge on any atom is 0.349 e. The van der Waals surface area contributed by atoms with E-state index in [1.165, 1.54) is 17.0 Å². The van der Waals surface area contributed by atoms with Crippen LogP contribution in [0.3, 0.4) is 0 Å². The van der Waals surface area contributed by atoms with Gasteiger partial charge < -0.3 is 4.42 Å². The second-order valence-electron chi connectivity index (χ2n) is 5.16. The molecule has 118 valence electrons.